The molecule has 7 nitrogen and oxygen atoms in total. The van der Waals surface area contributed by atoms with Gasteiger partial charge in [-0.2, -0.15) is 0 Å². The molecule has 0 radical (unpaired) electrons. The van der Waals surface area contributed by atoms with Crippen LogP contribution in [0.3, 0.4) is 0 Å². The van der Waals surface area contributed by atoms with Crippen molar-refractivity contribution < 1.29 is 9.53 Å². The van der Waals surface area contributed by atoms with Crippen molar-refractivity contribution in [3.05, 3.63) is 71.5 Å². The molecule has 0 fully saturated rings. The molecule has 0 aliphatic carbocycles. The molecule has 0 saturated carbocycles. The van der Waals surface area contributed by atoms with Crippen molar-refractivity contribution in [2.45, 2.75) is 18.9 Å². The Hall–Kier alpha value is -3.06. The minimum Gasteiger partial charge on any atom is -0.371 e. The number of likely N-dealkylation sites (N-methyl/N-ethyl adjacent to an activating group) is 1. The van der Waals surface area contributed by atoms with E-state index in [-0.39, 0.29) is 12.0 Å². The second kappa shape index (κ2) is 7.67. The molecule has 0 bridgehead atoms. The van der Waals surface area contributed by atoms with Crippen LogP contribution in [0.15, 0.2) is 54.9 Å². The number of rotatable bonds is 5. The molecule has 138 valence electrons. The number of carbonyl (C=O) groups excluding carboxylic acids is 1. The molecule has 7 heteroatoms. The van der Waals surface area contributed by atoms with Crippen molar-refractivity contribution in [2.24, 2.45) is 0 Å². The number of amides is 1. The predicted molar refractivity (Wildman–Crippen MR) is 99.3 cm³/mol. The van der Waals surface area contributed by atoms with Crippen LogP contribution in [0.4, 0.5) is 0 Å². The van der Waals surface area contributed by atoms with Crippen LogP contribution in [0.2, 0.25) is 0 Å². The van der Waals surface area contributed by atoms with E-state index >= 15 is 0 Å². The smallest absolute Gasteiger partial charge is 0.226 e. The minimum atomic E-state index is -0.0638. The van der Waals surface area contributed by atoms with Gasteiger partial charge < -0.3 is 9.64 Å². The maximum absolute atomic E-state index is 12.6. The summed E-state index contributed by atoms with van der Waals surface area (Å²) >= 11 is 0. The summed E-state index contributed by atoms with van der Waals surface area (Å²) in [7, 11) is 1.83. The molecule has 1 unspecified atom stereocenters. The van der Waals surface area contributed by atoms with Gasteiger partial charge in [-0.05, 0) is 45.7 Å². The Morgan fingerprint density at radius 2 is 2.04 bits per heavy atom. The summed E-state index contributed by atoms with van der Waals surface area (Å²) < 4.78 is 7.50. The summed E-state index contributed by atoms with van der Waals surface area (Å²) in [4.78, 5) is 14.4. The number of tetrazole rings is 1. The number of aromatic nitrogens is 4. The van der Waals surface area contributed by atoms with E-state index in [4.69, 9.17) is 4.74 Å². The summed E-state index contributed by atoms with van der Waals surface area (Å²) in [5.41, 5.74) is 4.31. The second-order valence-corrected chi connectivity index (χ2v) is 6.68. The van der Waals surface area contributed by atoms with E-state index in [1.54, 1.807) is 9.58 Å². The van der Waals surface area contributed by atoms with Gasteiger partial charge in [-0.1, -0.05) is 36.4 Å². The fourth-order valence-electron chi connectivity index (χ4n) is 3.33. The molecule has 2 aromatic carbocycles. The third kappa shape index (κ3) is 3.88. The summed E-state index contributed by atoms with van der Waals surface area (Å²) in [6, 6.07) is 16.0. The van der Waals surface area contributed by atoms with Crippen LogP contribution in [0.5, 0.6) is 0 Å². The Kier molecular flexibility index (Phi) is 4.93. The lowest BCUT2D eigenvalue weighted by Crippen LogP contribution is -2.34. The van der Waals surface area contributed by atoms with Crippen LogP contribution < -0.4 is 0 Å². The van der Waals surface area contributed by atoms with Crippen LogP contribution in [0.1, 0.15) is 22.8 Å². The van der Waals surface area contributed by atoms with E-state index in [9.17, 15) is 4.79 Å². The average Bonchev–Trinajstić information content (AvgIpc) is 3.23. The molecule has 1 aromatic heterocycles. The van der Waals surface area contributed by atoms with Gasteiger partial charge in [-0.15, -0.1) is 5.10 Å². The largest absolute Gasteiger partial charge is 0.371 e. The van der Waals surface area contributed by atoms with Gasteiger partial charge >= 0.3 is 0 Å². The molecular formula is C20H21N5O2. The van der Waals surface area contributed by atoms with Crippen molar-refractivity contribution in [1.29, 1.82) is 0 Å². The highest BCUT2D eigenvalue weighted by Gasteiger charge is 2.23. The third-order valence-corrected chi connectivity index (χ3v) is 4.86. The lowest BCUT2D eigenvalue weighted by molar-refractivity contribution is -0.131. The Morgan fingerprint density at radius 3 is 2.81 bits per heavy atom. The highest BCUT2D eigenvalue weighted by atomic mass is 16.5. The fourth-order valence-corrected chi connectivity index (χ4v) is 3.33. The quantitative estimate of drug-likeness (QED) is 0.693. The first-order valence-corrected chi connectivity index (χ1v) is 8.96. The van der Waals surface area contributed by atoms with Crippen molar-refractivity contribution in [2.75, 3.05) is 20.2 Å². The summed E-state index contributed by atoms with van der Waals surface area (Å²) in [6.45, 7) is 1.25. The van der Waals surface area contributed by atoms with E-state index in [1.165, 1.54) is 17.5 Å². The highest BCUT2D eigenvalue weighted by Crippen LogP contribution is 2.27. The molecule has 3 aromatic rings. The van der Waals surface area contributed by atoms with E-state index in [2.05, 4.69) is 33.7 Å². The van der Waals surface area contributed by atoms with Crippen LogP contribution in [0, 0.1) is 0 Å². The molecule has 1 atom stereocenters. The standard InChI is InChI=1S/C20H21N5O2/c1-24(13-19-18-5-3-2-4-16(18)10-11-27-19)20(26)12-15-6-8-17(9-7-15)25-14-21-22-23-25/h2-9,14,19H,10-13H2,1H3. The van der Waals surface area contributed by atoms with E-state index < -0.39 is 0 Å². The fraction of sp³-hybridized carbons (Fsp3) is 0.300. The van der Waals surface area contributed by atoms with Crippen LogP contribution >= 0.6 is 0 Å². The van der Waals surface area contributed by atoms with Gasteiger partial charge in [0, 0.05) is 7.05 Å². The van der Waals surface area contributed by atoms with Gasteiger partial charge in [-0.3, -0.25) is 4.79 Å². The monoisotopic (exact) mass is 363 g/mol. The lowest BCUT2D eigenvalue weighted by Gasteiger charge is -2.29. The highest BCUT2D eigenvalue weighted by molar-refractivity contribution is 5.78. The number of nitrogens with zero attached hydrogens (tertiary/aromatic N) is 5. The average molecular weight is 363 g/mol. The van der Waals surface area contributed by atoms with Gasteiger partial charge in [-0.25, -0.2) is 4.68 Å². The van der Waals surface area contributed by atoms with Crippen molar-refractivity contribution >= 4 is 5.91 Å². The molecule has 1 amide bonds. The van der Waals surface area contributed by atoms with Gasteiger partial charge in [0.2, 0.25) is 5.91 Å². The third-order valence-electron chi connectivity index (χ3n) is 4.86. The zero-order chi connectivity index (χ0) is 18.6. The number of carbonyl (C=O) groups is 1. The molecule has 2 heterocycles. The van der Waals surface area contributed by atoms with Crippen LogP contribution in [-0.2, 0) is 22.4 Å². The molecular weight excluding hydrogens is 342 g/mol. The Balaban J connectivity index is 1.39. The number of benzene rings is 2. The topological polar surface area (TPSA) is 73.1 Å². The maximum atomic E-state index is 12.6. The summed E-state index contributed by atoms with van der Waals surface area (Å²) in [5, 5.41) is 11.1. The van der Waals surface area contributed by atoms with Gasteiger partial charge in [0.1, 0.15) is 12.4 Å². The van der Waals surface area contributed by atoms with Gasteiger partial charge in [0.15, 0.2) is 0 Å². The van der Waals surface area contributed by atoms with E-state index in [0.29, 0.717) is 19.6 Å². The molecule has 1 aliphatic rings. The number of ether oxygens (including phenoxy) is 1. The zero-order valence-corrected chi connectivity index (χ0v) is 15.2. The Morgan fingerprint density at radius 1 is 1.22 bits per heavy atom. The second-order valence-electron chi connectivity index (χ2n) is 6.68. The van der Waals surface area contributed by atoms with Crippen LogP contribution in [-0.4, -0.2) is 51.2 Å². The molecule has 0 N–H and O–H groups in total. The lowest BCUT2D eigenvalue weighted by atomic mass is 9.97. The van der Waals surface area contributed by atoms with Gasteiger partial charge in [0.05, 0.1) is 25.3 Å². The summed E-state index contributed by atoms with van der Waals surface area (Å²) in [5.74, 6) is 0.0665. The summed E-state index contributed by atoms with van der Waals surface area (Å²) in [6.07, 6.45) is 2.75. The first-order chi connectivity index (χ1) is 13.2. The zero-order valence-electron chi connectivity index (χ0n) is 15.2. The normalized spacial score (nSPS) is 16.0. The maximum Gasteiger partial charge on any atom is 0.226 e. The molecule has 1 aliphatic heterocycles. The Labute approximate surface area is 157 Å². The van der Waals surface area contributed by atoms with Crippen molar-refractivity contribution in [3.63, 3.8) is 0 Å². The molecule has 0 spiro atoms. The van der Waals surface area contributed by atoms with Crippen LogP contribution in [0.25, 0.3) is 5.69 Å². The minimum absolute atomic E-state index is 0.0638. The first-order valence-electron chi connectivity index (χ1n) is 8.96. The number of fused-ring (bicyclic) bond motifs is 1. The molecule has 0 saturated heterocycles. The van der Waals surface area contributed by atoms with E-state index in [0.717, 1.165) is 17.7 Å². The Bertz CT molecular complexity index is 908. The number of hydrogen-bond donors (Lipinski definition) is 0. The number of hydrogen-bond acceptors (Lipinski definition) is 5. The predicted octanol–water partition coefficient (Wildman–Crippen LogP) is 1.98. The van der Waals surface area contributed by atoms with E-state index in [1.807, 2.05) is 37.4 Å². The first kappa shape index (κ1) is 17.4. The van der Waals surface area contributed by atoms with Crippen molar-refractivity contribution in [1.82, 2.24) is 25.1 Å². The SMILES string of the molecule is CN(CC1OCCc2ccccc21)C(=O)Cc1ccc(-n2cnnn2)cc1. The molecule has 27 heavy (non-hydrogen) atoms. The van der Waals surface area contributed by atoms with Gasteiger partial charge in [0.25, 0.3) is 0 Å². The van der Waals surface area contributed by atoms with Crippen molar-refractivity contribution in [3.8, 4) is 5.69 Å². The molecule has 4 rings (SSSR count).